The fourth-order valence-corrected chi connectivity index (χ4v) is 5.09. The molecule has 0 saturated carbocycles. The third-order valence-electron chi connectivity index (χ3n) is 6.60. The van der Waals surface area contributed by atoms with E-state index in [0.29, 0.717) is 17.9 Å². The van der Waals surface area contributed by atoms with E-state index in [-0.39, 0.29) is 29.7 Å². The van der Waals surface area contributed by atoms with Gasteiger partial charge in [0.25, 0.3) is 5.91 Å². The topological polar surface area (TPSA) is 71.2 Å². The molecule has 2 N–H and O–H groups in total. The number of halogens is 1. The number of likely N-dealkylation sites (N-methyl/N-ethyl adjacent to an activating group) is 1. The first-order valence-electron chi connectivity index (χ1n) is 10.2. The van der Waals surface area contributed by atoms with Crippen LogP contribution in [0.25, 0.3) is 11.1 Å². The van der Waals surface area contributed by atoms with Gasteiger partial charge in [0, 0.05) is 31.6 Å². The highest BCUT2D eigenvalue weighted by molar-refractivity contribution is 6.07. The molecule has 0 bridgehead atoms. The minimum Gasteiger partial charge on any atom is -0.490 e. The van der Waals surface area contributed by atoms with Gasteiger partial charge >= 0.3 is 0 Å². The standard InChI is InChI=1S/C23H25FN4O2/c1-13-8-15(10-16(24)9-13)14-4-5-19-17(11-14)23(21(29)28(3)22(25)26-23)18-12-27(2)7-6-20(18)30-19/h4-5,8-11,18,20H,6-7,12H2,1-3H3,(H2,25,26)/t18-,20?,23?/m0/s1. The molecule has 0 aromatic heterocycles. The molecule has 7 heteroatoms. The number of benzene rings is 2. The van der Waals surface area contributed by atoms with Crippen molar-refractivity contribution in [2.45, 2.75) is 25.0 Å². The first-order valence-corrected chi connectivity index (χ1v) is 10.2. The number of carbonyl (C=O) groups excluding carboxylic acids is 1. The van der Waals surface area contributed by atoms with Crippen molar-refractivity contribution in [2.24, 2.45) is 16.6 Å². The van der Waals surface area contributed by atoms with E-state index in [0.717, 1.165) is 29.7 Å². The second-order valence-electron chi connectivity index (χ2n) is 8.64. The Kier molecular flexibility index (Phi) is 4.15. The number of nitrogens with two attached hydrogens (primary N) is 1. The molecule has 0 aliphatic carbocycles. The van der Waals surface area contributed by atoms with E-state index < -0.39 is 5.54 Å². The number of fused-ring (bicyclic) bond motifs is 4. The summed E-state index contributed by atoms with van der Waals surface area (Å²) in [5.74, 6) is 0.290. The van der Waals surface area contributed by atoms with Crippen LogP contribution in [0, 0.1) is 18.7 Å². The molecule has 3 aliphatic heterocycles. The minimum atomic E-state index is -1.12. The van der Waals surface area contributed by atoms with Crippen LogP contribution in [0.5, 0.6) is 5.75 Å². The highest BCUT2D eigenvalue weighted by Crippen LogP contribution is 2.51. The van der Waals surface area contributed by atoms with Crippen molar-refractivity contribution in [1.82, 2.24) is 9.80 Å². The van der Waals surface area contributed by atoms with Gasteiger partial charge in [-0.25, -0.2) is 9.38 Å². The number of rotatable bonds is 1. The van der Waals surface area contributed by atoms with Crippen LogP contribution in [0.15, 0.2) is 41.4 Å². The summed E-state index contributed by atoms with van der Waals surface area (Å²) in [7, 11) is 3.70. The van der Waals surface area contributed by atoms with Crippen LogP contribution in [0.2, 0.25) is 0 Å². The molecule has 5 rings (SSSR count). The first kappa shape index (κ1) is 19.1. The van der Waals surface area contributed by atoms with E-state index in [4.69, 9.17) is 15.5 Å². The van der Waals surface area contributed by atoms with Crippen molar-refractivity contribution >= 4 is 11.9 Å². The summed E-state index contributed by atoms with van der Waals surface area (Å²) in [5, 5.41) is 0. The van der Waals surface area contributed by atoms with Gasteiger partial charge in [0.2, 0.25) is 0 Å². The summed E-state index contributed by atoms with van der Waals surface area (Å²) in [6, 6.07) is 10.6. The van der Waals surface area contributed by atoms with Crippen LogP contribution in [-0.4, -0.2) is 55.0 Å². The number of piperidine rings is 1. The van der Waals surface area contributed by atoms with Crippen molar-refractivity contribution in [3.63, 3.8) is 0 Å². The highest BCUT2D eigenvalue weighted by Gasteiger charge is 2.60. The zero-order valence-electron chi connectivity index (χ0n) is 17.4. The maximum atomic E-state index is 14.0. The SMILES string of the molecule is Cc1cc(F)cc(-c2ccc3c(c2)C2(N=C(N)N(C)C2=O)[C@H]2CN(C)CCC2O3)c1. The number of aliphatic imine (C=N–C) groups is 1. The lowest BCUT2D eigenvalue weighted by atomic mass is 9.70. The van der Waals surface area contributed by atoms with Crippen LogP contribution >= 0.6 is 0 Å². The van der Waals surface area contributed by atoms with Crippen LogP contribution < -0.4 is 10.5 Å². The van der Waals surface area contributed by atoms with Gasteiger partial charge in [-0.3, -0.25) is 9.69 Å². The number of aryl methyl sites for hydroxylation is 1. The minimum absolute atomic E-state index is 0.108. The molecule has 2 aromatic rings. The number of hydrogen-bond acceptors (Lipinski definition) is 5. The second-order valence-corrected chi connectivity index (χ2v) is 8.64. The Labute approximate surface area is 175 Å². The lowest BCUT2D eigenvalue weighted by Gasteiger charge is -2.48. The summed E-state index contributed by atoms with van der Waals surface area (Å²) in [6.07, 6.45) is 0.711. The van der Waals surface area contributed by atoms with Gasteiger partial charge in [-0.05, 0) is 61.3 Å². The highest BCUT2D eigenvalue weighted by atomic mass is 19.1. The molecule has 1 amide bonds. The smallest absolute Gasteiger partial charge is 0.262 e. The number of nitrogens with zero attached hydrogens (tertiary/aromatic N) is 3. The molecule has 3 aliphatic rings. The van der Waals surface area contributed by atoms with E-state index in [2.05, 4.69) is 4.90 Å². The first-order chi connectivity index (χ1) is 14.3. The molecule has 6 nitrogen and oxygen atoms in total. The Hall–Kier alpha value is -2.93. The molecule has 1 fully saturated rings. The summed E-state index contributed by atoms with van der Waals surface area (Å²) in [4.78, 5) is 22.0. The van der Waals surface area contributed by atoms with E-state index in [1.54, 1.807) is 7.05 Å². The average Bonchev–Trinajstić information content (AvgIpc) is 2.93. The van der Waals surface area contributed by atoms with Crippen LogP contribution in [0.4, 0.5) is 4.39 Å². The summed E-state index contributed by atoms with van der Waals surface area (Å²) in [5.41, 5.74) is 8.12. The maximum absolute atomic E-state index is 14.0. The molecular formula is C23H25FN4O2. The van der Waals surface area contributed by atoms with Crippen molar-refractivity contribution in [3.05, 3.63) is 53.3 Å². The summed E-state index contributed by atoms with van der Waals surface area (Å²) in [6.45, 7) is 3.44. The van der Waals surface area contributed by atoms with Gasteiger partial charge in [-0.2, -0.15) is 0 Å². The number of likely N-dealkylation sites (tertiary alicyclic amines) is 1. The maximum Gasteiger partial charge on any atom is 0.262 e. The van der Waals surface area contributed by atoms with Crippen molar-refractivity contribution in [3.8, 4) is 16.9 Å². The molecule has 1 saturated heterocycles. The number of ether oxygens (including phenoxy) is 1. The van der Waals surface area contributed by atoms with E-state index in [1.807, 2.05) is 38.2 Å². The largest absolute Gasteiger partial charge is 0.490 e. The Balaban J connectivity index is 1.72. The monoisotopic (exact) mass is 408 g/mol. The zero-order valence-corrected chi connectivity index (χ0v) is 17.4. The third-order valence-corrected chi connectivity index (χ3v) is 6.60. The quantitative estimate of drug-likeness (QED) is 0.787. The number of carbonyl (C=O) groups is 1. The Morgan fingerprint density at radius 2 is 2.00 bits per heavy atom. The van der Waals surface area contributed by atoms with Crippen LogP contribution in [-0.2, 0) is 10.3 Å². The summed E-state index contributed by atoms with van der Waals surface area (Å²) < 4.78 is 20.4. The normalized spacial score (nSPS) is 28.2. The molecule has 0 radical (unpaired) electrons. The van der Waals surface area contributed by atoms with Gasteiger partial charge in [-0.1, -0.05) is 12.1 Å². The molecule has 3 atom stereocenters. The third kappa shape index (κ3) is 2.65. The van der Waals surface area contributed by atoms with Crippen molar-refractivity contribution in [2.75, 3.05) is 27.2 Å². The van der Waals surface area contributed by atoms with E-state index in [1.165, 1.54) is 17.0 Å². The fraction of sp³-hybridized carbons (Fsp3) is 0.391. The molecule has 1 spiro atoms. The van der Waals surface area contributed by atoms with Gasteiger partial charge in [-0.15, -0.1) is 0 Å². The van der Waals surface area contributed by atoms with E-state index >= 15 is 0 Å². The van der Waals surface area contributed by atoms with Crippen LogP contribution in [0.1, 0.15) is 17.5 Å². The van der Waals surface area contributed by atoms with Gasteiger partial charge in [0.15, 0.2) is 11.5 Å². The molecule has 2 unspecified atom stereocenters. The van der Waals surface area contributed by atoms with Crippen molar-refractivity contribution < 1.29 is 13.9 Å². The molecule has 30 heavy (non-hydrogen) atoms. The number of hydrogen-bond donors (Lipinski definition) is 1. The van der Waals surface area contributed by atoms with Gasteiger partial charge in [0.1, 0.15) is 17.7 Å². The van der Waals surface area contributed by atoms with Gasteiger partial charge < -0.3 is 15.4 Å². The Bertz CT molecular complexity index is 1060. The van der Waals surface area contributed by atoms with Crippen molar-refractivity contribution in [1.29, 1.82) is 0 Å². The zero-order chi connectivity index (χ0) is 21.2. The molecular weight excluding hydrogens is 383 g/mol. The molecule has 3 heterocycles. The van der Waals surface area contributed by atoms with Crippen LogP contribution in [0.3, 0.4) is 0 Å². The lowest BCUT2D eigenvalue weighted by molar-refractivity contribution is -0.137. The lowest BCUT2D eigenvalue weighted by Crippen LogP contribution is -2.58. The van der Waals surface area contributed by atoms with E-state index in [9.17, 15) is 9.18 Å². The Morgan fingerprint density at radius 3 is 2.70 bits per heavy atom. The summed E-state index contributed by atoms with van der Waals surface area (Å²) >= 11 is 0. The average molecular weight is 408 g/mol. The Morgan fingerprint density at radius 1 is 1.20 bits per heavy atom. The molecule has 156 valence electrons. The van der Waals surface area contributed by atoms with Gasteiger partial charge in [0.05, 0.1) is 0 Å². The second kappa shape index (κ2) is 6.54. The molecule has 2 aromatic carbocycles. The fourth-order valence-electron chi connectivity index (χ4n) is 5.09. The number of guanidine groups is 1. The number of amides is 1. The predicted octanol–water partition coefficient (Wildman–Crippen LogP) is 2.50. The predicted molar refractivity (Wildman–Crippen MR) is 113 cm³/mol.